The van der Waals surface area contributed by atoms with Crippen molar-refractivity contribution in [3.63, 3.8) is 0 Å². The zero-order chi connectivity index (χ0) is 17.8. The van der Waals surface area contributed by atoms with E-state index in [1.165, 1.54) is 4.88 Å². The van der Waals surface area contributed by atoms with Gasteiger partial charge in [0.2, 0.25) is 5.91 Å². The Bertz CT molecular complexity index is 772. The highest BCUT2D eigenvalue weighted by Crippen LogP contribution is 2.28. The van der Waals surface area contributed by atoms with Crippen molar-refractivity contribution >= 4 is 23.2 Å². The number of aromatic nitrogens is 1. The predicted octanol–water partition coefficient (Wildman–Crippen LogP) is 3.49. The summed E-state index contributed by atoms with van der Waals surface area (Å²) in [5.74, 6) is -0.528. The number of hydrogen-bond acceptors (Lipinski definition) is 4. The maximum absolute atomic E-state index is 12.6. The lowest BCUT2D eigenvalue weighted by atomic mass is 9.89. The van der Waals surface area contributed by atoms with Crippen LogP contribution in [0.25, 0.3) is 0 Å². The van der Waals surface area contributed by atoms with Crippen LogP contribution in [0.1, 0.15) is 51.7 Å². The minimum absolute atomic E-state index is 0.173. The highest BCUT2D eigenvalue weighted by Gasteiger charge is 2.25. The zero-order valence-electron chi connectivity index (χ0n) is 14.3. The summed E-state index contributed by atoms with van der Waals surface area (Å²) in [4.78, 5) is 31.1. The van der Waals surface area contributed by atoms with E-state index in [4.69, 9.17) is 5.11 Å². The molecule has 1 saturated heterocycles. The molecular formula is C19H22N2O3S. The summed E-state index contributed by atoms with van der Waals surface area (Å²) in [6.45, 7) is 3.43. The van der Waals surface area contributed by atoms with Gasteiger partial charge < -0.3 is 10.0 Å². The second kappa shape index (κ2) is 7.78. The molecule has 1 fully saturated rings. The van der Waals surface area contributed by atoms with E-state index in [0.717, 1.165) is 37.1 Å². The molecule has 5 nitrogen and oxygen atoms in total. The number of aryl methyl sites for hydroxylation is 2. The van der Waals surface area contributed by atoms with Gasteiger partial charge in [-0.05, 0) is 43.9 Å². The van der Waals surface area contributed by atoms with Crippen LogP contribution in [0.2, 0.25) is 0 Å². The van der Waals surface area contributed by atoms with Crippen LogP contribution < -0.4 is 0 Å². The average Bonchev–Trinajstić information content (AvgIpc) is 3.05. The Morgan fingerprint density at radius 1 is 1.40 bits per heavy atom. The first-order valence-corrected chi connectivity index (χ1v) is 9.42. The number of carboxylic acid groups (broad SMARTS) is 1. The lowest BCUT2D eigenvalue weighted by Crippen LogP contribution is -2.39. The van der Waals surface area contributed by atoms with Crippen molar-refractivity contribution in [3.05, 3.63) is 51.5 Å². The third-order valence-electron chi connectivity index (χ3n) is 4.79. The number of nitrogens with zero attached hydrogens (tertiary/aromatic N) is 2. The Morgan fingerprint density at radius 2 is 2.24 bits per heavy atom. The van der Waals surface area contributed by atoms with E-state index in [9.17, 15) is 9.59 Å². The van der Waals surface area contributed by atoms with E-state index in [1.807, 2.05) is 23.4 Å². The second-order valence-corrected chi connectivity index (χ2v) is 7.41. The van der Waals surface area contributed by atoms with Crippen molar-refractivity contribution < 1.29 is 14.7 Å². The first-order valence-electron chi connectivity index (χ1n) is 8.54. The van der Waals surface area contributed by atoms with Crippen molar-refractivity contribution in [2.45, 2.75) is 38.5 Å². The molecule has 25 heavy (non-hydrogen) atoms. The van der Waals surface area contributed by atoms with Gasteiger partial charge in [-0.2, -0.15) is 0 Å². The SMILES string of the molecule is Cc1ncsc1CCC(=O)N1CCC[C@@H](c2cccc(C(=O)O)c2)C1. The maximum atomic E-state index is 12.6. The van der Waals surface area contributed by atoms with Crippen molar-refractivity contribution in [2.75, 3.05) is 13.1 Å². The number of rotatable bonds is 5. The summed E-state index contributed by atoms with van der Waals surface area (Å²) in [6.07, 6.45) is 3.18. The van der Waals surface area contributed by atoms with E-state index < -0.39 is 5.97 Å². The number of carbonyl (C=O) groups excluding carboxylic acids is 1. The van der Waals surface area contributed by atoms with Crippen LogP contribution >= 0.6 is 11.3 Å². The molecule has 1 aromatic carbocycles. The fraction of sp³-hybridized carbons (Fsp3) is 0.421. The smallest absolute Gasteiger partial charge is 0.335 e. The molecule has 0 bridgehead atoms. The molecule has 2 heterocycles. The monoisotopic (exact) mass is 358 g/mol. The number of aromatic carboxylic acids is 1. The normalized spacial score (nSPS) is 17.5. The molecule has 1 amide bonds. The van der Waals surface area contributed by atoms with Gasteiger partial charge in [-0.15, -0.1) is 11.3 Å². The molecule has 6 heteroatoms. The maximum Gasteiger partial charge on any atom is 0.335 e. The number of hydrogen-bond donors (Lipinski definition) is 1. The van der Waals surface area contributed by atoms with Crippen LogP contribution in [0.4, 0.5) is 0 Å². The summed E-state index contributed by atoms with van der Waals surface area (Å²) in [5.41, 5.74) is 4.15. The van der Waals surface area contributed by atoms with E-state index >= 15 is 0 Å². The number of carbonyl (C=O) groups is 2. The van der Waals surface area contributed by atoms with Gasteiger partial charge in [0.05, 0.1) is 16.8 Å². The molecule has 1 aliphatic heterocycles. The number of thiazole rings is 1. The molecule has 1 N–H and O–H groups in total. The molecule has 3 rings (SSSR count). The number of likely N-dealkylation sites (tertiary alicyclic amines) is 1. The van der Waals surface area contributed by atoms with Crippen LogP contribution in [-0.2, 0) is 11.2 Å². The highest BCUT2D eigenvalue weighted by molar-refractivity contribution is 7.09. The van der Waals surface area contributed by atoms with Gasteiger partial charge in [0, 0.05) is 30.3 Å². The van der Waals surface area contributed by atoms with Gasteiger partial charge >= 0.3 is 5.97 Å². The Hall–Kier alpha value is -2.21. The predicted molar refractivity (Wildman–Crippen MR) is 97.1 cm³/mol. The molecule has 2 aromatic rings. The van der Waals surface area contributed by atoms with Gasteiger partial charge in [0.15, 0.2) is 0 Å². The van der Waals surface area contributed by atoms with E-state index in [1.54, 1.807) is 29.5 Å². The van der Waals surface area contributed by atoms with Crippen LogP contribution in [0.15, 0.2) is 29.8 Å². The summed E-state index contributed by atoms with van der Waals surface area (Å²) in [7, 11) is 0. The Labute approximate surface area is 151 Å². The highest BCUT2D eigenvalue weighted by atomic mass is 32.1. The van der Waals surface area contributed by atoms with Gasteiger partial charge in [-0.1, -0.05) is 12.1 Å². The van der Waals surface area contributed by atoms with Crippen LogP contribution in [0, 0.1) is 6.92 Å². The van der Waals surface area contributed by atoms with Crippen molar-refractivity contribution in [1.29, 1.82) is 0 Å². The molecular weight excluding hydrogens is 336 g/mol. The topological polar surface area (TPSA) is 70.5 Å². The summed E-state index contributed by atoms with van der Waals surface area (Å²) < 4.78 is 0. The molecule has 1 aromatic heterocycles. The fourth-order valence-electron chi connectivity index (χ4n) is 3.35. The minimum atomic E-state index is -0.912. The Balaban J connectivity index is 1.62. The summed E-state index contributed by atoms with van der Waals surface area (Å²) >= 11 is 1.60. The van der Waals surface area contributed by atoms with E-state index in [-0.39, 0.29) is 11.8 Å². The second-order valence-electron chi connectivity index (χ2n) is 6.47. The van der Waals surface area contributed by atoms with Crippen molar-refractivity contribution in [2.24, 2.45) is 0 Å². The molecule has 1 aliphatic rings. The van der Waals surface area contributed by atoms with E-state index in [0.29, 0.717) is 18.5 Å². The molecule has 0 unspecified atom stereocenters. The standard InChI is InChI=1S/C19H22N2O3S/c1-13-17(25-12-20-13)7-8-18(22)21-9-3-6-16(11-21)14-4-2-5-15(10-14)19(23)24/h2,4-5,10,12,16H,3,6-9,11H2,1H3,(H,23,24)/t16-/m1/s1. The van der Waals surface area contributed by atoms with Gasteiger partial charge in [-0.3, -0.25) is 4.79 Å². The van der Waals surface area contributed by atoms with Crippen molar-refractivity contribution in [1.82, 2.24) is 9.88 Å². The number of carboxylic acids is 1. The minimum Gasteiger partial charge on any atom is -0.478 e. The third-order valence-corrected chi connectivity index (χ3v) is 5.78. The van der Waals surface area contributed by atoms with Crippen molar-refractivity contribution in [3.8, 4) is 0 Å². The van der Waals surface area contributed by atoms with Gasteiger partial charge in [0.25, 0.3) is 0 Å². The quantitative estimate of drug-likeness (QED) is 0.888. The molecule has 132 valence electrons. The molecule has 0 saturated carbocycles. The van der Waals surface area contributed by atoms with Gasteiger partial charge in [0.1, 0.15) is 0 Å². The number of piperidine rings is 1. The lowest BCUT2D eigenvalue weighted by molar-refractivity contribution is -0.132. The lowest BCUT2D eigenvalue weighted by Gasteiger charge is -2.33. The van der Waals surface area contributed by atoms with Crippen LogP contribution in [0.3, 0.4) is 0 Å². The van der Waals surface area contributed by atoms with Gasteiger partial charge in [-0.25, -0.2) is 9.78 Å². The molecule has 1 atom stereocenters. The third kappa shape index (κ3) is 4.25. The zero-order valence-corrected chi connectivity index (χ0v) is 15.1. The summed E-state index contributed by atoms with van der Waals surface area (Å²) in [5, 5.41) is 9.16. The van der Waals surface area contributed by atoms with E-state index in [2.05, 4.69) is 4.98 Å². The molecule has 0 aliphatic carbocycles. The number of amides is 1. The Morgan fingerprint density at radius 3 is 2.96 bits per heavy atom. The molecule has 0 spiro atoms. The number of benzene rings is 1. The Kier molecular flexibility index (Phi) is 5.48. The largest absolute Gasteiger partial charge is 0.478 e. The first-order chi connectivity index (χ1) is 12.0. The first kappa shape index (κ1) is 17.6. The molecule has 0 radical (unpaired) electrons. The summed E-state index contributed by atoms with van der Waals surface area (Å²) in [6, 6.07) is 7.09. The van der Waals surface area contributed by atoms with Crippen LogP contribution in [0.5, 0.6) is 0 Å². The average molecular weight is 358 g/mol. The van der Waals surface area contributed by atoms with Crippen LogP contribution in [-0.4, -0.2) is 40.0 Å². The fourth-order valence-corrected chi connectivity index (χ4v) is 4.13.